The Morgan fingerprint density at radius 1 is 1.30 bits per heavy atom. The van der Waals surface area contributed by atoms with Gasteiger partial charge in [-0.25, -0.2) is 4.39 Å². The number of hydrogen-bond acceptors (Lipinski definition) is 4. The van der Waals surface area contributed by atoms with E-state index in [0.717, 1.165) is 30.7 Å². The van der Waals surface area contributed by atoms with Crippen molar-refractivity contribution in [3.63, 3.8) is 0 Å². The van der Waals surface area contributed by atoms with Crippen LogP contribution in [-0.2, 0) is 11.3 Å². The van der Waals surface area contributed by atoms with Gasteiger partial charge in [0.05, 0.1) is 19.0 Å². The molecule has 124 valence electrons. The summed E-state index contributed by atoms with van der Waals surface area (Å²) in [5.74, 6) is 0.534. The quantitative estimate of drug-likeness (QED) is 0.852. The van der Waals surface area contributed by atoms with Crippen molar-refractivity contribution in [1.29, 1.82) is 0 Å². The number of ether oxygens (including phenoxy) is 1. The van der Waals surface area contributed by atoms with Gasteiger partial charge >= 0.3 is 0 Å². The second kappa shape index (κ2) is 7.73. The molecule has 2 atom stereocenters. The van der Waals surface area contributed by atoms with E-state index in [1.807, 2.05) is 24.3 Å². The summed E-state index contributed by atoms with van der Waals surface area (Å²) in [6, 6.07) is 10.6. The fourth-order valence-corrected chi connectivity index (χ4v) is 3.12. The molecular weight excluding hydrogens is 297 g/mol. The van der Waals surface area contributed by atoms with Crippen LogP contribution >= 0.6 is 0 Å². The van der Waals surface area contributed by atoms with Crippen molar-refractivity contribution in [2.75, 3.05) is 19.7 Å². The molecule has 3 rings (SSSR count). The molecule has 2 heterocycles. The Balaban J connectivity index is 1.48. The Bertz CT molecular complexity index is 585. The molecule has 2 aromatic rings. The molecule has 1 fully saturated rings. The number of rotatable bonds is 7. The Kier molecular flexibility index (Phi) is 5.43. The summed E-state index contributed by atoms with van der Waals surface area (Å²) in [5, 5.41) is 10.2. The van der Waals surface area contributed by atoms with Crippen molar-refractivity contribution < 1.29 is 18.7 Å². The van der Waals surface area contributed by atoms with E-state index in [9.17, 15) is 9.50 Å². The average molecular weight is 319 g/mol. The van der Waals surface area contributed by atoms with Crippen LogP contribution in [0, 0.1) is 5.82 Å². The normalized spacial score (nSPS) is 20.0. The summed E-state index contributed by atoms with van der Waals surface area (Å²) >= 11 is 0. The van der Waals surface area contributed by atoms with E-state index < -0.39 is 6.10 Å². The molecule has 5 heteroatoms. The maximum atomic E-state index is 13.1. The van der Waals surface area contributed by atoms with Crippen LogP contribution in [0.4, 0.5) is 4.39 Å². The summed E-state index contributed by atoms with van der Waals surface area (Å²) in [6.07, 6.45) is 3.17. The first-order valence-electron chi connectivity index (χ1n) is 8.00. The van der Waals surface area contributed by atoms with Gasteiger partial charge in [0.2, 0.25) is 0 Å². The first-order chi connectivity index (χ1) is 11.2. The fraction of sp³-hybridized carbons (Fsp3) is 0.444. The Morgan fingerprint density at radius 3 is 2.87 bits per heavy atom. The lowest BCUT2D eigenvalue weighted by Crippen LogP contribution is -2.34. The number of furan rings is 1. The van der Waals surface area contributed by atoms with Crippen molar-refractivity contribution >= 4 is 0 Å². The highest BCUT2D eigenvalue weighted by Gasteiger charge is 2.27. The monoisotopic (exact) mass is 319 g/mol. The van der Waals surface area contributed by atoms with E-state index in [4.69, 9.17) is 9.15 Å². The first-order valence-corrected chi connectivity index (χ1v) is 8.00. The zero-order valence-corrected chi connectivity index (χ0v) is 13.0. The highest BCUT2D eigenvalue weighted by molar-refractivity contribution is 5.21. The highest BCUT2D eigenvalue weighted by atomic mass is 19.1. The van der Waals surface area contributed by atoms with Gasteiger partial charge in [0.1, 0.15) is 18.2 Å². The molecule has 1 aliphatic rings. The van der Waals surface area contributed by atoms with Crippen LogP contribution in [0.25, 0.3) is 0 Å². The van der Waals surface area contributed by atoms with Gasteiger partial charge in [-0.3, -0.25) is 4.90 Å². The molecule has 0 aliphatic carbocycles. The number of aliphatic hydroxyl groups excluding tert-OH is 1. The topological polar surface area (TPSA) is 45.8 Å². The van der Waals surface area contributed by atoms with Gasteiger partial charge in [-0.15, -0.1) is 0 Å². The Hall–Kier alpha value is -1.69. The van der Waals surface area contributed by atoms with E-state index in [0.29, 0.717) is 13.2 Å². The third-order valence-electron chi connectivity index (χ3n) is 4.20. The maximum absolute atomic E-state index is 13.1. The molecule has 0 saturated carbocycles. The zero-order chi connectivity index (χ0) is 16.1. The molecule has 2 unspecified atom stereocenters. The van der Waals surface area contributed by atoms with Crippen molar-refractivity contribution in [3.8, 4) is 0 Å². The van der Waals surface area contributed by atoms with Crippen LogP contribution in [0.5, 0.6) is 0 Å². The third kappa shape index (κ3) is 4.41. The lowest BCUT2D eigenvalue weighted by atomic mass is 10.0. The molecule has 1 aromatic heterocycles. The van der Waals surface area contributed by atoms with E-state index in [-0.39, 0.29) is 18.5 Å². The third-order valence-corrected chi connectivity index (χ3v) is 4.20. The summed E-state index contributed by atoms with van der Waals surface area (Å²) in [7, 11) is 0. The highest BCUT2D eigenvalue weighted by Crippen LogP contribution is 2.31. The van der Waals surface area contributed by atoms with Crippen LogP contribution < -0.4 is 0 Å². The number of aliphatic hydroxyl groups is 1. The lowest BCUT2D eigenvalue weighted by molar-refractivity contribution is 0.00308. The minimum atomic E-state index is -0.550. The minimum Gasteiger partial charge on any atom is -0.467 e. The summed E-state index contributed by atoms with van der Waals surface area (Å²) in [5.41, 5.74) is 1.10. The molecule has 4 nitrogen and oxygen atoms in total. The molecule has 0 bridgehead atoms. The predicted octanol–water partition coefficient (Wildman–Crippen LogP) is 3.13. The van der Waals surface area contributed by atoms with Crippen molar-refractivity contribution in [2.24, 2.45) is 0 Å². The number of benzene rings is 1. The zero-order valence-electron chi connectivity index (χ0n) is 13.0. The van der Waals surface area contributed by atoms with Crippen molar-refractivity contribution in [2.45, 2.75) is 31.6 Å². The summed E-state index contributed by atoms with van der Waals surface area (Å²) < 4.78 is 23.7. The van der Waals surface area contributed by atoms with Gasteiger partial charge in [0.15, 0.2) is 0 Å². The Morgan fingerprint density at radius 2 is 2.13 bits per heavy atom. The molecule has 0 spiro atoms. The molecule has 1 aliphatic heterocycles. The van der Waals surface area contributed by atoms with Crippen LogP contribution in [0.15, 0.2) is 47.1 Å². The van der Waals surface area contributed by atoms with Crippen molar-refractivity contribution in [3.05, 3.63) is 59.8 Å². The lowest BCUT2D eigenvalue weighted by Gasteiger charge is -2.27. The number of nitrogens with zero attached hydrogens (tertiary/aromatic N) is 1. The average Bonchev–Trinajstić information content (AvgIpc) is 3.20. The van der Waals surface area contributed by atoms with Gasteiger partial charge in [0, 0.05) is 12.6 Å². The largest absolute Gasteiger partial charge is 0.467 e. The first kappa shape index (κ1) is 16.2. The SMILES string of the molecule is OC(COCc1ccco1)CN1CCCC1c1ccc(F)cc1. The molecule has 0 amide bonds. The molecule has 0 radical (unpaired) electrons. The standard InChI is InChI=1S/C18H22FNO3/c19-15-7-5-14(6-8-15)18-4-1-9-20(18)11-16(21)12-22-13-17-3-2-10-23-17/h2-3,5-8,10,16,18,21H,1,4,9,11-13H2. The molecule has 1 aromatic carbocycles. The molecular formula is C18H22FNO3. The second-order valence-electron chi connectivity index (χ2n) is 5.95. The molecule has 23 heavy (non-hydrogen) atoms. The minimum absolute atomic E-state index is 0.218. The maximum Gasteiger partial charge on any atom is 0.129 e. The van der Waals surface area contributed by atoms with Crippen molar-refractivity contribution in [1.82, 2.24) is 4.90 Å². The number of hydrogen-bond donors (Lipinski definition) is 1. The summed E-state index contributed by atoms with van der Waals surface area (Å²) in [4.78, 5) is 2.24. The van der Waals surface area contributed by atoms with E-state index in [2.05, 4.69) is 4.90 Å². The van der Waals surface area contributed by atoms with Gasteiger partial charge in [-0.2, -0.15) is 0 Å². The number of halogens is 1. The Labute approximate surface area is 135 Å². The molecule has 1 saturated heterocycles. The van der Waals surface area contributed by atoms with Crippen LogP contribution in [0.1, 0.15) is 30.2 Å². The van der Waals surface area contributed by atoms with Gasteiger partial charge < -0.3 is 14.3 Å². The van der Waals surface area contributed by atoms with Gasteiger partial charge in [-0.05, 0) is 49.2 Å². The van der Waals surface area contributed by atoms with E-state index in [1.165, 1.54) is 12.1 Å². The predicted molar refractivity (Wildman–Crippen MR) is 84.3 cm³/mol. The fourth-order valence-electron chi connectivity index (χ4n) is 3.12. The van der Waals surface area contributed by atoms with Gasteiger partial charge in [0.25, 0.3) is 0 Å². The second-order valence-corrected chi connectivity index (χ2v) is 5.95. The number of β-amino-alcohol motifs (C(OH)–C–C–N with tert-alkyl or cyclic N) is 1. The van der Waals surface area contributed by atoms with Crippen LogP contribution in [0.2, 0.25) is 0 Å². The van der Waals surface area contributed by atoms with E-state index in [1.54, 1.807) is 6.26 Å². The molecule has 1 N–H and O–H groups in total. The smallest absolute Gasteiger partial charge is 0.129 e. The van der Waals surface area contributed by atoms with Crippen LogP contribution in [0.3, 0.4) is 0 Å². The van der Waals surface area contributed by atoms with Crippen LogP contribution in [-0.4, -0.2) is 35.8 Å². The number of likely N-dealkylation sites (tertiary alicyclic amines) is 1. The summed E-state index contributed by atoms with van der Waals surface area (Å²) in [6.45, 7) is 2.14. The van der Waals surface area contributed by atoms with Gasteiger partial charge in [-0.1, -0.05) is 12.1 Å². The van der Waals surface area contributed by atoms with E-state index >= 15 is 0 Å².